The first kappa shape index (κ1) is 18.7. The fourth-order valence-corrected chi connectivity index (χ4v) is 2.85. The molecule has 0 bridgehead atoms. The summed E-state index contributed by atoms with van der Waals surface area (Å²) < 4.78 is 5.68. The number of carbonyl (C=O) groups excluding carboxylic acids is 1. The van der Waals surface area contributed by atoms with Gasteiger partial charge in [-0.05, 0) is 25.6 Å². The van der Waals surface area contributed by atoms with E-state index in [-0.39, 0.29) is 23.2 Å². The van der Waals surface area contributed by atoms with Crippen molar-refractivity contribution in [2.45, 2.75) is 40.0 Å². The van der Waals surface area contributed by atoms with Crippen molar-refractivity contribution in [1.29, 1.82) is 0 Å². The number of benzene rings is 1. The molecule has 0 saturated carbocycles. The number of ether oxygens (including phenoxy) is 1. The molecule has 3 heteroatoms. The number of hydrogen-bond acceptors (Lipinski definition) is 3. The molecule has 1 rings (SSSR count). The van der Waals surface area contributed by atoms with E-state index in [1.54, 1.807) is 0 Å². The van der Waals surface area contributed by atoms with Crippen molar-refractivity contribution in [2.75, 3.05) is 27.2 Å². The topological polar surface area (TPSA) is 29.5 Å². The SMILES string of the molecule is CCC(C)C(C(=O)OCC(C)(C)CN(C)C)c1ccccc1. The first-order valence-corrected chi connectivity index (χ1v) is 8.13. The number of nitrogens with zero attached hydrogens (tertiary/aromatic N) is 1. The molecule has 22 heavy (non-hydrogen) atoms. The predicted molar refractivity (Wildman–Crippen MR) is 91.9 cm³/mol. The third-order valence-corrected chi connectivity index (χ3v) is 3.98. The molecule has 2 unspecified atom stereocenters. The van der Waals surface area contributed by atoms with Gasteiger partial charge in [-0.2, -0.15) is 0 Å². The fraction of sp³-hybridized carbons (Fsp3) is 0.632. The Labute approximate surface area is 135 Å². The van der Waals surface area contributed by atoms with Crippen LogP contribution >= 0.6 is 0 Å². The van der Waals surface area contributed by atoms with Gasteiger partial charge >= 0.3 is 5.97 Å². The van der Waals surface area contributed by atoms with Crippen LogP contribution in [0.4, 0.5) is 0 Å². The van der Waals surface area contributed by atoms with Crippen molar-refractivity contribution in [3.63, 3.8) is 0 Å². The second-order valence-corrected chi connectivity index (χ2v) is 7.28. The van der Waals surface area contributed by atoms with Crippen LogP contribution in [0.1, 0.15) is 45.6 Å². The highest BCUT2D eigenvalue weighted by molar-refractivity contribution is 5.78. The molecular formula is C19H31NO2. The smallest absolute Gasteiger partial charge is 0.313 e. The predicted octanol–water partition coefficient (Wildman–Crippen LogP) is 3.95. The molecule has 0 amide bonds. The van der Waals surface area contributed by atoms with E-state index in [1.165, 1.54) is 0 Å². The van der Waals surface area contributed by atoms with Gasteiger partial charge in [-0.3, -0.25) is 4.79 Å². The van der Waals surface area contributed by atoms with Crippen LogP contribution in [-0.2, 0) is 9.53 Å². The Balaban J connectivity index is 2.78. The van der Waals surface area contributed by atoms with E-state index in [2.05, 4.69) is 32.6 Å². The van der Waals surface area contributed by atoms with Gasteiger partial charge in [0.1, 0.15) is 0 Å². The Morgan fingerprint density at radius 3 is 2.32 bits per heavy atom. The lowest BCUT2D eigenvalue weighted by Gasteiger charge is -2.29. The quantitative estimate of drug-likeness (QED) is 0.681. The number of esters is 1. The standard InChI is InChI=1S/C19H31NO2/c1-7-15(2)17(16-11-9-8-10-12-16)18(21)22-14-19(3,4)13-20(5)6/h8-12,15,17H,7,13-14H2,1-6H3. The normalized spacial score (nSPS) is 14.7. The number of carbonyl (C=O) groups is 1. The summed E-state index contributed by atoms with van der Waals surface area (Å²) >= 11 is 0. The molecule has 0 aliphatic heterocycles. The Bertz CT molecular complexity index is 454. The molecule has 0 spiro atoms. The molecule has 1 aromatic carbocycles. The van der Waals surface area contributed by atoms with Crippen LogP contribution in [0.25, 0.3) is 0 Å². The minimum atomic E-state index is -0.179. The molecule has 0 aliphatic rings. The lowest BCUT2D eigenvalue weighted by Crippen LogP contribution is -2.34. The molecule has 0 radical (unpaired) electrons. The minimum Gasteiger partial charge on any atom is -0.465 e. The van der Waals surface area contributed by atoms with E-state index in [0.29, 0.717) is 6.61 Å². The van der Waals surface area contributed by atoms with Crippen molar-refractivity contribution in [3.05, 3.63) is 35.9 Å². The number of hydrogen-bond donors (Lipinski definition) is 0. The Morgan fingerprint density at radius 1 is 1.23 bits per heavy atom. The maximum atomic E-state index is 12.6. The van der Waals surface area contributed by atoms with Gasteiger partial charge in [0.25, 0.3) is 0 Å². The minimum absolute atomic E-state index is 0.0458. The second kappa shape index (κ2) is 8.33. The van der Waals surface area contributed by atoms with Crippen LogP contribution in [0.2, 0.25) is 0 Å². The second-order valence-electron chi connectivity index (χ2n) is 7.28. The van der Waals surface area contributed by atoms with E-state index in [9.17, 15) is 4.79 Å². The van der Waals surface area contributed by atoms with E-state index < -0.39 is 0 Å². The molecule has 0 aromatic heterocycles. The monoisotopic (exact) mass is 305 g/mol. The Hall–Kier alpha value is -1.35. The van der Waals surface area contributed by atoms with E-state index in [4.69, 9.17) is 4.74 Å². The number of rotatable bonds is 8. The van der Waals surface area contributed by atoms with Crippen molar-refractivity contribution in [1.82, 2.24) is 4.90 Å². The van der Waals surface area contributed by atoms with Gasteiger partial charge in [-0.1, -0.05) is 64.4 Å². The zero-order valence-corrected chi connectivity index (χ0v) is 14.9. The van der Waals surface area contributed by atoms with Crippen LogP contribution in [-0.4, -0.2) is 38.1 Å². The van der Waals surface area contributed by atoms with Crippen molar-refractivity contribution >= 4 is 5.97 Å². The highest BCUT2D eigenvalue weighted by Gasteiger charge is 2.29. The van der Waals surface area contributed by atoms with Gasteiger partial charge in [0.2, 0.25) is 0 Å². The average molecular weight is 305 g/mol. The highest BCUT2D eigenvalue weighted by atomic mass is 16.5. The van der Waals surface area contributed by atoms with Crippen LogP contribution in [0.3, 0.4) is 0 Å². The third kappa shape index (κ3) is 5.80. The third-order valence-electron chi connectivity index (χ3n) is 3.98. The lowest BCUT2D eigenvalue weighted by molar-refractivity contribution is -0.150. The van der Waals surface area contributed by atoms with E-state index >= 15 is 0 Å². The summed E-state index contributed by atoms with van der Waals surface area (Å²) in [5.74, 6) is -0.0133. The van der Waals surface area contributed by atoms with Crippen LogP contribution in [0.5, 0.6) is 0 Å². The summed E-state index contributed by atoms with van der Waals surface area (Å²) in [5, 5.41) is 0. The molecular weight excluding hydrogens is 274 g/mol. The van der Waals surface area contributed by atoms with Crippen molar-refractivity contribution < 1.29 is 9.53 Å². The molecule has 0 aliphatic carbocycles. The largest absolute Gasteiger partial charge is 0.465 e. The summed E-state index contributed by atoms with van der Waals surface area (Å²) in [6.07, 6.45) is 0.954. The van der Waals surface area contributed by atoms with E-state index in [1.807, 2.05) is 44.4 Å². The van der Waals surface area contributed by atoms with Gasteiger partial charge in [-0.25, -0.2) is 0 Å². The molecule has 0 N–H and O–H groups in total. The van der Waals surface area contributed by atoms with Crippen LogP contribution in [0.15, 0.2) is 30.3 Å². The molecule has 0 fully saturated rings. The summed E-state index contributed by atoms with van der Waals surface area (Å²) in [6, 6.07) is 9.97. The molecule has 0 saturated heterocycles. The van der Waals surface area contributed by atoms with Crippen molar-refractivity contribution in [3.8, 4) is 0 Å². The van der Waals surface area contributed by atoms with Crippen LogP contribution < -0.4 is 0 Å². The lowest BCUT2D eigenvalue weighted by atomic mass is 9.85. The molecule has 3 nitrogen and oxygen atoms in total. The Morgan fingerprint density at radius 2 is 1.82 bits per heavy atom. The van der Waals surface area contributed by atoms with Gasteiger partial charge in [0.15, 0.2) is 0 Å². The fourth-order valence-electron chi connectivity index (χ4n) is 2.85. The first-order chi connectivity index (χ1) is 10.3. The van der Waals surface area contributed by atoms with E-state index in [0.717, 1.165) is 18.5 Å². The first-order valence-electron chi connectivity index (χ1n) is 8.13. The van der Waals surface area contributed by atoms with Gasteiger partial charge in [-0.15, -0.1) is 0 Å². The summed E-state index contributed by atoms with van der Waals surface area (Å²) in [5.41, 5.74) is 1.00. The molecule has 2 atom stereocenters. The summed E-state index contributed by atoms with van der Waals surface area (Å²) in [7, 11) is 4.07. The molecule has 1 aromatic rings. The van der Waals surface area contributed by atoms with Crippen molar-refractivity contribution in [2.24, 2.45) is 11.3 Å². The maximum absolute atomic E-state index is 12.6. The summed E-state index contributed by atoms with van der Waals surface area (Å²) in [4.78, 5) is 14.8. The zero-order chi connectivity index (χ0) is 16.8. The highest BCUT2D eigenvalue weighted by Crippen LogP contribution is 2.29. The zero-order valence-electron chi connectivity index (χ0n) is 14.9. The Kier molecular flexibility index (Phi) is 7.08. The van der Waals surface area contributed by atoms with Gasteiger partial charge in [0.05, 0.1) is 12.5 Å². The van der Waals surface area contributed by atoms with Crippen LogP contribution in [0, 0.1) is 11.3 Å². The van der Waals surface area contributed by atoms with Gasteiger partial charge in [0, 0.05) is 12.0 Å². The van der Waals surface area contributed by atoms with Gasteiger partial charge < -0.3 is 9.64 Å². The molecule has 124 valence electrons. The average Bonchev–Trinajstić information content (AvgIpc) is 2.45. The molecule has 0 heterocycles. The maximum Gasteiger partial charge on any atom is 0.313 e. The summed E-state index contributed by atoms with van der Waals surface area (Å²) in [6.45, 7) is 9.82.